The maximum atomic E-state index is 10.8. The average Bonchev–Trinajstić information content (AvgIpc) is 3.08. The third kappa shape index (κ3) is 3.71. The van der Waals surface area contributed by atoms with Crippen LogP contribution in [0.15, 0.2) is 43.0 Å². The minimum Gasteiger partial charge on any atom is -0.393 e. The summed E-state index contributed by atoms with van der Waals surface area (Å²) in [6.45, 7) is 0. The summed E-state index contributed by atoms with van der Waals surface area (Å²) in [4.78, 5) is 4.20. The molecule has 0 aliphatic heterocycles. The molecule has 0 unspecified atom stereocenters. The van der Waals surface area contributed by atoms with E-state index in [2.05, 4.69) is 56.4 Å². The molecule has 3 nitrogen and oxygen atoms in total. The Kier molecular flexibility index (Phi) is 5.52. The second-order valence-electron chi connectivity index (χ2n) is 6.25. The van der Waals surface area contributed by atoms with Crippen LogP contribution in [0.25, 0.3) is 0 Å². The van der Waals surface area contributed by atoms with E-state index in [1.54, 1.807) is 0 Å². The number of hydrogen-bond donors (Lipinski definition) is 1. The average molecular weight is 410 g/mol. The van der Waals surface area contributed by atoms with E-state index in [9.17, 15) is 5.11 Å². The topological polar surface area (TPSA) is 38.0 Å². The van der Waals surface area contributed by atoms with Crippen molar-refractivity contribution in [1.29, 1.82) is 0 Å². The standard InChI is InChI=1S/C18H23IN2O/c19-16-9-5-4-8-15(16)17(21-11-10-20-13-21)12-18(22)14-6-2-1-3-7-14/h4-5,8-11,13-14,17-18,22H,1-3,6-7,12H2/t17-,18+/m0/s1. The molecule has 0 spiro atoms. The van der Waals surface area contributed by atoms with E-state index in [0.29, 0.717) is 5.92 Å². The summed E-state index contributed by atoms with van der Waals surface area (Å²) in [5, 5.41) is 10.8. The molecule has 1 aromatic heterocycles. The van der Waals surface area contributed by atoms with Gasteiger partial charge < -0.3 is 9.67 Å². The van der Waals surface area contributed by atoms with Crippen molar-refractivity contribution in [3.05, 3.63) is 52.1 Å². The summed E-state index contributed by atoms with van der Waals surface area (Å²) in [6, 6.07) is 8.60. The minimum atomic E-state index is -0.233. The van der Waals surface area contributed by atoms with Gasteiger partial charge >= 0.3 is 0 Å². The van der Waals surface area contributed by atoms with Gasteiger partial charge in [-0.2, -0.15) is 0 Å². The van der Waals surface area contributed by atoms with Crippen LogP contribution in [-0.4, -0.2) is 20.8 Å². The molecule has 1 N–H and O–H groups in total. The molecule has 4 heteroatoms. The van der Waals surface area contributed by atoms with Crippen LogP contribution < -0.4 is 0 Å². The molecule has 2 atom stereocenters. The molecule has 1 aromatic carbocycles. The molecule has 22 heavy (non-hydrogen) atoms. The molecule has 0 radical (unpaired) electrons. The van der Waals surface area contributed by atoms with E-state index in [4.69, 9.17) is 0 Å². The predicted octanol–water partition coefficient (Wildman–Crippen LogP) is 4.41. The molecule has 0 bridgehead atoms. The highest BCUT2D eigenvalue weighted by Gasteiger charge is 2.26. The second-order valence-corrected chi connectivity index (χ2v) is 7.41. The van der Waals surface area contributed by atoms with Crippen LogP contribution in [0.2, 0.25) is 0 Å². The molecule has 0 amide bonds. The quantitative estimate of drug-likeness (QED) is 0.742. The maximum absolute atomic E-state index is 10.8. The van der Waals surface area contributed by atoms with Crippen molar-refractivity contribution in [2.75, 3.05) is 0 Å². The lowest BCUT2D eigenvalue weighted by Gasteiger charge is -2.30. The lowest BCUT2D eigenvalue weighted by Crippen LogP contribution is -2.27. The second kappa shape index (κ2) is 7.59. The number of halogens is 1. The number of rotatable bonds is 5. The van der Waals surface area contributed by atoms with E-state index >= 15 is 0 Å². The first-order valence-corrected chi connectivity index (χ1v) is 9.23. The largest absolute Gasteiger partial charge is 0.393 e. The predicted molar refractivity (Wildman–Crippen MR) is 96.7 cm³/mol. The van der Waals surface area contributed by atoms with Crippen molar-refractivity contribution >= 4 is 22.6 Å². The van der Waals surface area contributed by atoms with Gasteiger partial charge in [0.25, 0.3) is 0 Å². The van der Waals surface area contributed by atoms with E-state index in [1.807, 2.05) is 18.7 Å². The Balaban J connectivity index is 1.82. The third-order valence-corrected chi connectivity index (χ3v) is 5.79. The minimum absolute atomic E-state index is 0.160. The molecule has 1 heterocycles. The van der Waals surface area contributed by atoms with Gasteiger partial charge in [-0.25, -0.2) is 4.98 Å². The van der Waals surface area contributed by atoms with Gasteiger partial charge in [-0.3, -0.25) is 0 Å². The molecule has 1 saturated carbocycles. The van der Waals surface area contributed by atoms with Crippen LogP contribution in [0, 0.1) is 9.49 Å². The van der Waals surface area contributed by atoms with Crippen LogP contribution in [0.4, 0.5) is 0 Å². The lowest BCUT2D eigenvalue weighted by atomic mass is 9.82. The zero-order chi connectivity index (χ0) is 15.4. The molecule has 1 aliphatic rings. The monoisotopic (exact) mass is 410 g/mol. The SMILES string of the molecule is O[C@H](C[C@@H](c1ccccc1I)n1ccnc1)C1CCCCC1. The van der Waals surface area contributed by atoms with Crippen LogP contribution >= 0.6 is 22.6 Å². The van der Waals surface area contributed by atoms with E-state index < -0.39 is 0 Å². The Labute approximate surface area is 145 Å². The van der Waals surface area contributed by atoms with Crippen molar-refractivity contribution < 1.29 is 5.11 Å². The number of aliphatic hydroxyl groups excluding tert-OH is 1. The Morgan fingerprint density at radius 2 is 2.00 bits per heavy atom. The van der Waals surface area contributed by atoms with Crippen molar-refractivity contribution in [2.45, 2.75) is 50.7 Å². The van der Waals surface area contributed by atoms with Crippen molar-refractivity contribution in [3.8, 4) is 0 Å². The molecule has 1 fully saturated rings. The van der Waals surface area contributed by atoms with Gasteiger partial charge in [-0.1, -0.05) is 37.5 Å². The summed E-state index contributed by atoms with van der Waals surface area (Å²) in [7, 11) is 0. The van der Waals surface area contributed by atoms with E-state index in [1.165, 1.54) is 41.2 Å². The highest BCUT2D eigenvalue weighted by atomic mass is 127. The number of hydrogen-bond acceptors (Lipinski definition) is 2. The molecule has 1 aliphatic carbocycles. The number of imidazole rings is 1. The first-order chi connectivity index (χ1) is 10.8. The van der Waals surface area contributed by atoms with Crippen molar-refractivity contribution in [3.63, 3.8) is 0 Å². The summed E-state index contributed by atoms with van der Waals surface area (Å²) >= 11 is 2.39. The highest BCUT2D eigenvalue weighted by Crippen LogP contribution is 2.33. The highest BCUT2D eigenvalue weighted by molar-refractivity contribution is 14.1. The zero-order valence-electron chi connectivity index (χ0n) is 12.7. The summed E-state index contributed by atoms with van der Waals surface area (Å²) < 4.78 is 3.37. The van der Waals surface area contributed by atoms with Gasteiger partial charge in [0.15, 0.2) is 0 Å². The van der Waals surface area contributed by atoms with Gasteiger partial charge in [-0.15, -0.1) is 0 Å². The molecular weight excluding hydrogens is 387 g/mol. The summed E-state index contributed by atoms with van der Waals surface area (Å²) in [6.07, 6.45) is 12.4. The van der Waals surface area contributed by atoms with Gasteiger partial charge in [0.1, 0.15) is 0 Å². The van der Waals surface area contributed by atoms with Gasteiger partial charge in [-0.05, 0) is 59.4 Å². The van der Waals surface area contributed by atoms with Crippen molar-refractivity contribution in [2.24, 2.45) is 5.92 Å². The molecule has 0 saturated heterocycles. The fourth-order valence-corrected chi connectivity index (χ4v) is 4.30. The normalized spacial score (nSPS) is 19.0. The van der Waals surface area contributed by atoms with Crippen LogP contribution in [-0.2, 0) is 0 Å². The molecule has 118 valence electrons. The molecule has 2 aromatic rings. The summed E-state index contributed by atoms with van der Waals surface area (Å²) in [5.74, 6) is 0.459. The van der Waals surface area contributed by atoms with E-state index in [-0.39, 0.29) is 12.1 Å². The van der Waals surface area contributed by atoms with Gasteiger partial charge in [0.05, 0.1) is 18.5 Å². The number of benzene rings is 1. The number of aliphatic hydroxyl groups is 1. The van der Waals surface area contributed by atoms with Crippen LogP contribution in [0.3, 0.4) is 0 Å². The maximum Gasteiger partial charge on any atom is 0.0951 e. The van der Waals surface area contributed by atoms with Gasteiger partial charge in [0.2, 0.25) is 0 Å². The van der Waals surface area contributed by atoms with Crippen LogP contribution in [0.1, 0.15) is 50.1 Å². The Morgan fingerprint density at radius 1 is 1.23 bits per heavy atom. The van der Waals surface area contributed by atoms with Crippen LogP contribution in [0.5, 0.6) is 0 Å². The Morgan fingerprint density at radius 3 is 2.68 bits per heavy atom. The smallest absolute Gasteiger partial charge is 0.0951 e. The van der Waals surface area contributed by atoms with Crippen molar-refractivity contribution in [1.82, 2.24) is 9.55 Å². The third-order valence-electron chi connectivity index (χ3n) is 4.81. The fraction of sp³-hybridized carbons (Fsp3) is 0.500. The van der Waals surface area contributed by atoms with E-state index in [0.717, 1.165) is 6.42 Å². The Hall–Kier alpha value is -0.880. The molecule has 3 rings (SSSR count). The fourth-order valence-electron chi connectivity index (χ4n) is 3.55. The lowest BCUT2D eigenvalue weighted by molar-refractivity contribution is 0.0678. The summed E-state index contributed by atoms with van der Waals surface area (Å²) in [5.41, 5.74) is 1.27. The zero-order valence-corrected chi connectivity index (χ0v) is 14.9. The first kappa shape index (κ1) is 16.0. The number of nitrogens with zero attached hydrogens (tertiary/aromatic N) is 2. The number of aromatic nitrogens is 2. The first-order valence-electron chi connectivity index (χ1n) is 8.15. The van der Waals surface area contributed by atoms with Gasteiger partial charge in [0, 0.05) is 16.0 Å². The Bertz CT molecular complexity index is 579. The molecular formula is C18H23IN2O.